The first-order chi connectivity index (χ1) is 11.8. The van der Waals surface area contributed by atoms with E-state index < -0.39 is 68.0 Å². The molecular weight excluding hydrogens is 344 g/mol. The van der Waals surface area contributed by atoms with E-state index in [2.05, 4.69) is 0 Å². The number of rotatable bonds is 7. The van der Waals surface area contributed by atoms with Crippen molar-refractivity contribution in [3.05, 3.63) is 0 Å². The molecule has 11 nitrogen and oxygen atoms in total. The fourth-order valence-corrected chi connectivity index (χ4v) is 2.94. The molecule has 0 aromatic heterocycles. The molecule has 0 saturated carbocycles. The summed E-state index contributed by atoms with van der Waals surface area (Å²) in [5.74, 6) is 0. The Kier molecular flexibility index (Phi) is 7.49. The second-order valence-corrected chi connectivity index (χ2v) is 5.99. The third kappa shape index (κ3) is 4.28. The summed E-state index contributed by atoms with van der Waals surface area (Å²) in [7, 11) is 2.63. The maximum Gasteiger partial charge on any atom is 0.187 e. The largest absolute Gasteiger partial charge is 0.394 e. The molecule has 148 valence electrons. The third-order valence-corrected chi connectivity index (χ3v) is 4.38. The summed E-state index contributed by atoms with van der Waals surface area (Å²) in [6.45, 7) is -0.764. The van der Waals surface area contributed by atoms with Gasteiger partial charge >= 0.3 is 0 Å². The lowest BCUT2D eigenvalue weighted by atomic mass is 9.99. The highest BCUT2D eigenvalue weighted by atomic mass is 16.7. The molecule has 2 aliphatic rings. The van der Waals surface area contributed by atoms with E-state index in [1.807, 2.05) is 0 Å². The molecule has 0 radical (unpaired) electrons. The van der Waals surface area contributed by atoms with Crippen molar-refractivity contribution < 1.29 is 54.3 Å². The number of hydrogen-bond acceptors (Lipinski definition) is 11. The summed E-state index contributed by atoms with van der Waals surface area (Å²) in [5.41, 5.74) is 0. The molecule has 0 aromatic carbocycles. The highest BCUT2D eigenvalue weighted by Crippen LogP contribution is 2.29. The van der Waals surface area contributed by atoms with Gasteiger partial charge in [-0.05, 0) is 0 Å². The fourth-order valence-electron chi connectivity index (χ4n) is 2.94. The molecule has 0 amide bonds. The topological polar surface area (TPSA) is 168 Å². The van der Waals surface area contributed by atoms with Gasteiger partial charge in [-0.15, -0.1) is 0 Å². The molecule has 2 saturated heterocycles. The van der Waals surface area contributed by atoms with E-state index >= 15 is 0 Å². The first kappa shape index (κ1) is 20.9. The Hall–Kier alpha value is -0.440. The minimum atomic E-state index is -1.64. The van der Waals surface area contributed by atoms with Gasteiger partial charge in [0.05, 0.1) is 13.2 Å². The minimum Gasteiger partial charge on any atom is -0.394 e. The van der Waals surface area contributed by atoms with Gasteiger partial charge in [-0.1, -0.05) is 0 Å². The highest BCUT2D eigenvalue weighted by Gasteiger charge is 2.50. The van der Waals surface area contributed by atoms with E-state index in [9.17, 15) is 30.6 Å². The predicted molar refractivity (Wildman–Crippen MR) is 78.2 cm³/mol. The van der Waals surface area contributed by atoms with Crippen LogP contribution in [0, 0.1) is 0 Å². The Morgan fingerprint density at radius 3 is 2.24 bits per heavy atom. The maximum absolute atomic E-state index is 10.3. The second kappa shape index (κ2) is 8.97. The average Bonchev–Trinajstić information content (AvgIpc) is 2.97. The van der Waals surface area contributed by atoms with Crippen LogP contribution in [0.2, 0.25) is 0 Å². The van der Waals surface area contributed by atoms with Gasteiger partial charge in [-0.3, -0.25) is 0 Å². The Morgan fingerprint density at radius 2 is 1.68 bits per heavy atom. The summed E-state index contributed by atoms with van der Waals surface area (Å²) in [6.07, 6.45) is -13.1. The zero-order valence-electron chi connectivity index (χ0n) is 13.9. The number of aliphatic hydroxyl groups is 6. The zero-order valence-corrected chi connectivity index (χ0v) is 13.9. The normalized spacial score (nSPS) is 43.6. The molecule has 0 bridgehead atoms. The molecule has 0 unspecified atom stereocenters. The Bertz CT molecular complexity index is 404. The van der Waals surface area contributed by atoms with Gasteiger partial charge in [0.2, 0.25) is 0 Å². The van der Waals surface area contributed by atoms with Crippen LogP contribution < -0.4 is 0 Å². The van der Waals surface area contributed by atoms with E-state index in [1.165, 1.54) is 14.2 Å². The van der Waals surface area contributed by atoms with Crippen LogP contribution in [-0.4, -0.2) is 119 Å². The third-order valence-electron chi connectivity index (χ3n) is 4.38. The molecule has 25 heavy (non-hydrogen) atoms. The predicted octanol–water partition coefficient (Wildman–Crippen LogP) is -4.09. The number of aliphatic hydroxyl groups excluding tert-OH is 6. The van der Waals surface area contributed by atoms with Crippen molar-refractivity contribution in [2.45, 2.75) is 61.4 Å². The van der Waals surface area contributed by atoms with Crippen LogP contribution >= 0.6 is 0 Å². The Labute approximate surface area is 144 Å². The molecular formula is C14H26O11. The van der Waals surface area contributed by atoms with Gasteiger partial charge in [-0.25, -0.2) is 0 Å². The lowest BCUT2D eigenvalue weighted by Gasteiger charge is -2.41. The molecule has 9 atom stereocenters. The summed E-state index contributed by atoms with van der Waals surface area (Å²) >= 11 is 0. The van der Waals surface area contributed by atoms with Gasteiger partial charge in [-0.2, -0.15) is 0 Å². The molecule has 2 aliphatic heterocycles. The molecule has 0 spiro atoms. The molecule has 6 N–H and O–H groups in total. The van der Waals surface area contributed by atoms with Crippen molar-refractivity contribution in [3.63, 3.8) is 0 Å². The monoisotopic (exact) mass is 370 g/mol. The van der Waals surface area contributed by atoms with E-state index in [-0.39, 0.29) is 6.61 Å². The van der Waals surface area contributed by atoms with Crippen LogP contribution in [0.5, 0.6) is 0 Å². The first-order valence-corrected chi connectivity index (χ1v) is 7.85. The van der Waals surface area contributed by atoms with Crippen LogP contribution in [0.25, 0.3) is 0 Å². The van der Waals surface area contributed by atoms with Gasteiger partial charge in [0.25, 0.3) is 0 Å². The van der Waals surface area contributed by atoms with E-state index in [1.54, 1.807) is 0 Å². The lowest BCUT2D eigenvalue weighted by Crippen LogP contribution is -2.61. The van der Waals surface area contributed by atoms with Crippen LogP contribution in [0.4, 0.5) is 0 Å². The van der Waals surface area contributed by atoms with Crippen molar-refractivity contribution in [2.75, 3.05) is 27.4 Å². The molecule has 11 heteroatoms. The van der Waals surface area contributed by atoms with E-state index in [4.69, 9.17) is 23.7 Å². The van der Waals surface area contributed by atoms with Crippen LogP contribution in [-0.2, 0) is 23.7 Å². The zero-order chi connectivity index (χ0) is 18.7. The van der Waals surface area contributed by atoms with Crippen LogP contribution in [0.1, 0.15) is 0 Å². The van der Waals surface area contributed by atoms with Crippen molar-refractivity contribution in [1.82, 2.24) is 0 Å². The fraction of sp³-hybridized carbons (Fsp3) is 1.00. The van der Waals surface area contributed by atoms with E-state index in [0.717, 1.165) is 0 Å². The average molecular weight is 370 g/mol. The standard InChI is InChI=1S/C14H26O11/c1-21-13(22-2)10(20)12-11(5(16)4-23-12)25-14-9(19)8(18)7(17)6(3-15)24-14/h5-20H,3-4H2,1-2H3/t5-,6+,7-,8-,9+,10-,11+,12-,14-/m0/s1. The first-order valence-electron chi connectivity index (χ1n) is 7.85. The number of methoxy groups -OCH3 is 2. The smallest absolute Gasteiger partial charge is 0.187 e. The van der Waals surface area contributed by atoms with Crippen LogP contribution in [0.15, 0.2) is 0 Å². The Balaban J connectivity index is 2.10. The molecule has 2 heterocycles. The van der Waals surface area contributed by atoms with Crippen molar-refractivity contribution in [2.24, 2.45) is 0 Å². The highest BCUT2D eigenvalue weighted by molar-refractivity contribution is 4.94. The molecule has 0 aromatic rings. The number of ether oxygens (including phenoxy) is 5. The van der Waals surface area contributed by atoms with Gasteiger partial charge in [0.1, 0.15) is 48.8 Å². The minimum absolute atomic E-state index is 0.149. The van der Waals surface area contributed by atoms with Crippen LogP contribution in [0.3, 0.4) is 0 Å². The molecule has 0 aliphatic carbocycles. The second-order valence-electron chi connectivity index (χ2n) is 5.99. The summed E-state index contributed by atoms with van der Waals surface area (Å²) < 4.78 is 26.0. The Morgan fingerprint density at radius 1 is 1.04 bits per heavy atom. The molecule has 2 fully saturated rings. The van der Waals surface area contributed by atoms with Crippen molar-refractivity contribution in [1.29, 1.82) is 0 Å². The summed E-state index contributed by atoms with van der Waals surface area (Å²) in [4.78, 5) is 0. The quantitative estimate of drug-likeness (QED) is 0.241. The van der Waals surface area contributed by atoms with Gasteiger partial charge < -0.3 is 54.3 Å². The van der Waals surface area contributed by atoms with Gasteiger partial charge in [0, 0.05) is 14.2 Å². The number of hydrogen-bond donors (Lipinski definition) is 6. The molecule has 2 rings (SSSR count). The lowest BCUT2D eigenvalue weighted by molar-refractivity contribution is -0.321. The van der Waals surface area contributed by atoms with Gasteiger partial charge in [0.15, 0.2) is 12.6 Å². The van der Waals surface area contributed by atoms with Crippen molar-refractivity contribution >= 4 is 0 Å². The maximum atomic E-state index is 10.3. The SMILES string of the molecule is COC(OC)[C@@H](O)[C@@H]1OC[C@H](O)[C@H]1O[C@@H]1O[C@H](CO)[C@H](O)[C@H](O)[C@H]1O. The summed E-state index contributed by atoms with van der Waals surface area (Å²) in [6, 6.07) is 0. The summed E-state index contributed by atoms with van der Waals surface area (Å²) in [5, 5.41) is 59.1. The van der Waals surface area contributed by atoms with Crippen molar-refractivity contribution in [3.8, 4) is 0 Å². The van der Waals surface area contributed by atoms with E-state index in [0.29, 0.717) is 0 Å².